The zero-order valence-electron chi connectivity index (χ0n) is 14.5. The number of amides is 1. The number of hydrogen-bond acceptors (Lipinski definition) is 3. The molecule has 0 spiro atoms. The molecule has 0 bridgehead atoms. The van der Waals surface area contributed by atoms with Gasteiger partial charge in [0, 0.05) is 14.1 Å². The molecule has 2 rings (SSSR count). The number of halogens is 3. The van der Waals surface area contributed by atoms with Crippen molar-refractivity contribution in [3.05, 3.63) is 65.2 Å². The van der Waals surface area contributed by atoms with Gasteiger partial charge in [0.2, 0.25) is 0 Å². The van der Waals surface area contributed by atoms with Crippen molar-refractivity contribution in [1.82, 2.24) is 4.90 Å². The Bertz CT molecular complexity index is 760. The summed E-state index contributed by atoms with van der Waals surface area (Å²) in [5.41, 5.74) is -0.0892. The van der Waals surface area contributed by atoms with Crippen molar-refractivity contribution >= 4 is 6.09 Å². The topological polar surface area (TPSA) is 49.8 Å². The standard InChI is InChI=1S/C19H20F3NO3/c1-23(2)18(25)26-15-8-5-7-14(12-15)17(24)11-10-13-6-3-4-9-16(13)19(20,21)22/h3-9,12,17,24H,10-11H2,1-2H3. The summed E-state index contributed by atoms with van der Waals surface area (Å²) < 4.78 is 44.2. The van der Waals surface area contributed by atoms with Gasteiger partial charge in [-0.1, -0.05) is 30.3 Å². The maximum Gasteiger partial charge on any atom is 0.416 e. The highest BCUT2D eigenvalue weighted by Gasteiger charge is 2.32. The van der Waals surface area contributed by atoms with Gasteiger partial charge in [-0.25, -0.2) is 4.79 Å². The molecule has 2 aromatic carbocycles. The Balaban J connectivity index is 2.07. The first-order chi connectivity index (χ1) is 12.2. The van der Waals surface area contributed by atoms with Crippen LogP contribution in [0.2, 0.25) is 0 Å². The van der Waals surface area contributed by atoms with E-state index in [1.807, 2.05) is 0 Å². The summed E-state index contributed by atoms with van der Waals surface area (Å²) in [5.74, 6) is 0.260. The van der Waals surface area contributed by atoms with Gasteiger partial charge in [0.25, 0.3) is 0 Å². The Morgan fingerprint density at radius 1 is 1.15 bits per heavy atom. The lowest BCUT2D eigenvalue weighted by molar-refractivity contribution is -0.138. The van der Waals surface area contributed by atoms with E-state index < -0.39 is 23.9 Å². The zero-order valence-corrected chi connectivity index (χ0v) is 14.5. The molecule has 2 aromatic rings. The molecule has 1 N–H and O–H groups in total. The van der Waals surface area contributed by atoms with Crippen LogP contribution >= 0.6 is 0 Å². The van der Waals surface area contributed by atoms with Crippen molar-refractivity contribution in [2.24, 2.45) is 0 Å². The van der Waals surface area contributed by atoms with E-state index in [4.69, 9.17) is 4.74 Å². The van der Waals surface area contributed by atoms with Crippen LogP contribution < -0.4 is 4.74 Å². The molecule has 4 nitrogen and oxygen atoms in total. The summed E-state index contributed by atoms with van der Waals surface area (Å²) in [6, 6.07) is 11.6. The van der Waals surface area contributed by atoms with E-state index in [9.17, 15) is 23.1 Å². The van der Waals surface area contributed by atoms with Gasteiger partial charge < -0.3 is 14.7 Å². The number of aliphatic hydroxyl groups is 1. The van der Waals surface area contributed by atoms with Gasteiger partial charge in [0.1, 0.15) is 5.75 Å². The fourth-order valence-corrected chi connectivity index (χ4v) is 2.45. The van der Waals surface area contributed by atoms with Gasteiger partial charge in [-0.2, -0.15) is 13.2 Å². The van der Waals surface area contributed by atoms with Crippen molar-refractivity contribution in [2.45, 2.75) is 25.1 Å². The van der Waals surface area contributed by atoms with Crippen LogP contribution in [0.3, 0.4) is 0 Å². The minimum absolute atomic E-state index is 0.0680. The predicted molar refractivity (Wildman–Crippen MR) is 90.9 cm³/mol. The van der Waals surface area contributed by atoms with Crippen LogP contribution in [0.25, 0.3) is 0 Å². The van der Waals surface area contributed by atoms with E-state index >= 15 is 0 Å². The number of nitrogens with zero attached hydrogens (tertiary/aromatic N) is 1. The lowest BCUT2D eigenvalue weighted by atomic mass is 9.98. The third kappa shape index (κ3) is 5.23. The van der Waals surface area contributed by atoms with Crippen LogP contribution in [0.1, 0.15) is 29.2 Å². The Hall–Kier alpha value is -2.54. The number of alkyl halides is 3. The number of rotatable bonds is 5. The maximum atomic E-state index is 13.0. The number of carbonyl (C=O) groups is 1. The van der Waals surface area contributed by atoms with Gasteiger partial charge in [-0.05, 0) is 42.2 Å². The molecule has 7 heteroatoms. The monoisotopic (exact) mass is 367 g/mol. The van der Waals surface area contributed by atoms with E-state index in [1.54, 1.807) is 32.3 Å². The molecule has 1 unspecified atom stereocenters. The van der Waals surface area contributed by atoms with Crippen LogP contribution in [0.5, 0.6) is 5.75 Å². The van der Waals surface area contributed by atoms with Gasteiger partial charge >= 0.3 is 12.3 Å². The number of hydrogen-bond donors (Lipinski definition) is 1. The molecule has 1 atom stereocenters. The number of ether oxygens (including phenoxy) is 1. The molecule has 1 amide bonds. The third-order valence-corrected chi connectivity index (χ3v) is 3.82. The number of carbonyl (C=O) groups excluding carboxylic acids is 1. The molecule has 0 aliphatic heterocycles. The predicted octanol–water partition coefficient (Wildman–Crippen LogP) is 4.43. The van der Waals surface area contributed by atoms with E-state index in [1.165, 1.54) is 29.2 Å². The van der Waals surface area contributed by atoms with Gasteiger partial charge in [0.15, 0.2) is 0 Å². The smallest absolute Gasteiger partial charge is 0.410 e. The molecule has 140 valence electrons. The van der Waals surface area contributed by atoms with Gasteiger partial charge in [-0.15, -0.1) is 0 Å². The van der Waals surface area contributed by atoms with Crippen LogP contribution in [-0.4, -0.2) is 30.2 Å². The van der Waals surface area contributed by atoms with Crippen molar-refractivity contribution < 1.29 is 27.8 Å². The highest BCUT2D eigenvalue weighted by molar-refractivity contribution is 5.70. The summed E-state index contributed by atoms with van der Waals surface area (Å²) >= 11 is 0. The molecule has 0 saturated heterocycles. The summed E-state index contributed by atoms with van der Waals surface area (Å²) in [7, 11) is 3.08. The Kier molecular flexibility index (Phi) is 6.26. The maximum absolute atomic E-state index is 13.0. The fourth-order valence-electron chi connectivity index (χ4n) is 2.45. The molecule has 0 fully saturated rings. The van der Waals surface area contributed by atoms with E-state index in [0.717, 1.165) is 6.07 Å². The molecule has 0 aromatic heterocycles. The normalized spacial score (nSPS) is 12.5. The summed E-state index contributed by atoms with van der Waals surface area (Å²) in [6.07, 6.45) is -5.79. The molecule has 0 radical (unpaired) electrons. The van der Waals surface area contributed by atoms with Gasteiger partial charge in [0.05, 0.1) is 11.7 Å². The number of aliphatic hydroxyl groups excluding tert-OH is 1. The van der Waals surface area contributed by atoms with E-state index in [-0.39, 0.29) is 24.2 Å². The third-order valence-electron chi connectivity index (χ3n) is 3.82. The molecule has 0 aliphatic rings. The highest BCUT2D eigenvalue weighted by Crippen LogP contribution is 2.33. The van der Waals surface area contributed by atoms with Crippen LogP contribution in [-0.2, 0) is 12.6 Å². The average molecular weight is 367 g/mol. The van der Waals surface area contributed by atoms with Crippen molar-refractivity contribution in [3.8, 4) is 5.75 Å². The number of aryl methyl sites for hydroxylation is 1. The first-order valence-corrected chi connectivity index (χ1v) is 8.00. The fraction of sp³-hybridized carbons (Fsp3) is 0.316. The summed E-state index contributed by atoms with van der Waals surface area (Å²) in [4.78, 5) is 12.8. The second-order valence-electron chi connectivity index (χ2n) is 6.04. The zero-order chi connectivity index (χ0) is 19.3. The average Bonchev–Trinajstić information content (AvgIpc) is 2.59. The molecule has 0 aliphatic carbocycles. The van der Waals surface area contributed by atoms with Crippen LogP contribution in [0.4, 0.5) is 18.0 Å². The summed E-state index contributed by atoms with van der Waals surface area (Å²) in [6.45, 7) is 0. The largest absolute Gasteiger partial charge is 0.416 e. The van der Waals surface area contributed by atoms with Crippen molar-refractivity contribution in [1.29, 1.82) is 0 Å². The Morgan fingerprint density at radius 2 is 1.85 bits per heavy atom. The molecular formula is C19H20F3NO3. The molecule has 0 heterocycles. The first kappa shape index (κ1) is 19.8. The van der Waals surface area contributed by atoms with E-state index in [0.29, 0.717) is 5.56 Å². The Labute approximate surface area is 149 Å². The SMILES string of the molecule is CN(C)C(=O)Oc1cccc(C(O)CCc2ccccc2C(F)(F)F)c1. The number of benzene rings is 2. The highest BCUT2D eigenvalue weighted by atomic mass is 19.4. The van der Waals surface area contributed by atoms with Gasteiger partial charge in [-0.3, -0.25) is 0 Å². The van der Waals surface area contributed by atoms with Crippen molar-refractivity contribution in [2.75, 3.05) is 14.1 Å². The summed E-state index contributed by atoms with van der Waals surface area (Å²) in [5, 5.41) is 10.3. The quantitative estimate of drug-likeness (QED) is 0.850. The lowest BCUT2D eigenvalue weighted by Gasteiger charge is -2.16. The van der Waals surface area contributed by atoms with Crippen LogP contribution in [0.15, 0.2) is 48.5 Å². The first-order valence-electron chi connectivity index (χ1n) is 8.00. The molecular weight excluding hydrogens is 347 g/mol. The molecule has 26 heavy (non-hydrogen) atoms. The minimum Gasteiger partial charge on any atom is -0.410 e. The molecule has 0 saturated carbocycles. The van der Waals surface area contributed by atoms with Crippen LogP contribution in [0, 0.1) is 0 Å². The Morgan fingerprint density at radius 3 is 2.50 bits per heavy atom. The van der Waals surface area contributed by atoms with E-state index in [2.05, 4.69) is 0 Å². The van der Waals surface area contributed by atoms with Crippen molar-refractivity contribution in [3.63, 3.8) is 0 Å². The lowest BCUT2D eigenvalue weighted by Crippen LogP contribution is -2.25. The second kappa shape index (κ2) is 8.23. The minimum atomic E-state index is -4.43. The second-order valence-corrected chi connectivity index (χ2v) is 6.04.